The van der Waals surface area contributed by atoms with E-state index in [4.69, 9.17) is 9.47 Å². The highest BCUT2D eigenvalue weighted by molar-refractivity contribution is 5.99. The van der Waals surface area contributed by atoms with Gasteiger partial charge >= 0.3 is 5.97 Å². The van der Waals surface area contributed by atoms with Crippen molar-refractivity contribution in [2.24, 2.45) is 17.8 Å². The van der Waals surface area contributed by atoms with E-state index in [1.54, 1.807) is 4.90 Å². The summed E-state index contributed by atoms with van der Waals surface area (Å²) in [6.07, 6.45) is 8.85. The van der Waals surface area contributed by atoms with Gasteiger partial charge in [-0.1, -0.05) is 38.2 Å². The minimum Gasteiger partial charge on any atom is -0.465 e. The highest BCUT2D eigenvalue weighted by Crippen LogP contribution is 2.54. The molecular weight excluding hydrogens is 436 g/mol. The summed E-state index contributed by atoms with van der Waals surface area (Å²) in [7, 11) is 0. The fraction of sp³-hybridized carbons (Fsp3) is 0.731. The smallest absolute Gasteiger partial charge is 0.312 e. The van der Waals surface area contributed by atoms with Crippen molar-refractivity contribution in [1.82, 2.24) is 9.80 Å². The van der Waals surface area contributed by atoms with Crippen LogP contribution in [0.4, 0.5) is 0 Å². The first-order valence-corrected chi connectivity index (χ1v) is 12.5. The van der Waals surface area contributed by atoms with Crippen LogP contribution in [0.5, 0.6) is 0 Å². The second-order valence-electron chi connectivity index (χ2n) is 11.3. The first-order chi connectivity index (χ1) is 16.0. The maximum Gasteiger partial charge on any atom is 0.312 e. The number of carbonyl (C=O) groups is 3. The molecule has 188 valence electrons. The van der Waals surface area contributed by atoms with Crippen LogP contribution in [0, 0.1) is 17.8 Å². The lowest BCUT2D eigenvalue weighted by molar-refractivity contribution is -0.157. The zero-order valence-corrected chi connectivity index (χ0v) is 20.9. The zero-order chi connectivity index (χ0) is 24.8. The molecule has 1 unspecified atom stereocenters. The van der Waals surface area contributed by atoms with Crippen molar-refractivity contribution in [3.05, 3.63) is 24.3 Å². The normalized spacial score (nSPS) is 35.7. The molecule has 8 nitrogen and oxygen atoms in total. The minimum atomic E-state index is -1.30. The molecule has 8 heteroatoms. The molecule has 1 N–H and O–H groups in total. The molecule has 0 bridgehead atoms. The fourth-order valence-electron chi connectivity index (χ4n) is 6.01. The Hall–Kier alpha value is -2.19. The number of hydrogen-bond donors (Lipinski definition) is 1. The Kier molecular flexibility index (Phi) is 6.68. The van der Waals surface area contributed by atoms with Gasteiger partial charge < -0.3 is 24.4 Å². The summed E-state index contributed by atoms with van der Waals surface area (Å²) in [6, 6.07) is -1.52. The second-order valence-corrected chi connectivity index (χ2v) is 11.3. The van der Waals surface area contributed by atoms with Gasteiger partial charge in [0.05, 0.1) is 31.3 Å². The standard InChI is InChI=1S/C26H38N2O6/c1-16(2)14-17(15-29)28-21-23(31)27(25(3,4)5)12-9-11-26(21)20(22(28)30)19-18(34-26)10-7-6-8-13-33-24(19)32/h7,9-11,16-21,29H,6,8,12-15H2,1-5H3/b10-7-/t17-,18-,19+,20+,21?,26+/m1/s1. The largest absolute Gasteiger partial charge is 0.465 e. The van der Waals surface area contributed by atoms with Gasteiger partial charge in [0.25, 0.3) is 0 Å². The summed E-state index contributed by atoms with van der Waals surface area (Å²) < 4.78 is 12.1. The molecule has 4 rings (SSSR count). The number of rotatable bonds is 4. The lowest BCUT2D eigenvalue weighted by atomic mass is 9.78. The number of likely N-dealkylation sites (tertiary alicyclic amines) is 1. The molecule has 4 aliphatic heterocycles. The zero-order valence-electron chi connectivity index (χ0n) is 20.9. The van der Waals surface area contributed by atoms with Gasteiger partial charge in [-0.2, -0.15) is 0 Å². The molecule has 0 aliphatic carbocycles. The van der Waals surface area contributed by atoms with Crippen LogP contribution < -0.4 is 0 Å². The van der Waals surface area contributed by atoms with Crippen LogP contribution in [0.3, 0.4) is 0 Å². The molecule has 0 aromatic heterocycles. The van der Waals surface area contributed by atoms with Gasteiger partial charge in [-0.15, -0.1) is 0 Å². The highest BCUT2D eigenvalue weighted by Gasteiger charge is 2.72. The highest BCUT2D eigenvalue weighted by atomic mass is 16.6. The average Bonchev–Trinajstić information content (AvgIpc) is 3.16. The summed E-state index contributed by atoms with van der Waals surface area (Å²) in [5.74, 6) is -2.54. The lowest BCUT2D eigenvalue weighted by Crippen LogP contribution is -2.60. The van der Waals surface area contributed by atoms with Crippen molar-refractivity contribution in [3.63, 3.8) is 0 Å². The van der Waals surface area contributed by atoms with E-state index in [1.165, 1.54) is 4.90 Å². The molecule has 0 aromatic rings. The number of aliphatic hydroxyl groups excluding tert-OH is 1. The Morgan fingerprint density at radius 1 is 1.18 bits per heavy atom. The molecule has 6 atom stereocenters. The topological polar surface area (TPSA) is 96.4 Å². The molecule has 4 aliphatic rings. The first kappa shape index (κ1) is 24.9. The van der Waals surface area contributed by atoms with E-state index in [2.05, 4.69) is 0 Å². The number of esters is 1. The summed E-state index contributed by atoms with van der Waals surface area (Å²) >= 11 is 0. The third-order valence-electron chi connectivity index (χ3n) is 7.45. The summed E-state index contributed by atoms with van der Waals surface area (Å²) in [5.41, 5.74) is -1.78. The summed E-state index contributed by atoms with van der Waals surface area (Å²) in [4.78, 5) is 44.8. The van der Waals surface area contributed by atoms with Crippen LogP contribution in [0.1, 0.15) is 53.9 Å². The van der Waals surface area contributed by atoms with E-state index in [1.807, 2.05) is 58.9 Å². The SMILES string of the molecule is CC(C)C[C@H](CO)N1C(=O)[C@@H]2[C@H]3C(=O)OCCC/C=C\[C@H]3O[C@@]23C=CCN(C(C)(C)C)C(=O)C13. The number of ether oxygens (including phenoxy) is 2. The van der Waals surface area contributed by atoms with Gasteiger partial charge in [0.15, 0.2) is 0 Å². The van der Waals surface area contributed by atoms with Crippen molar-refractivity contribution in [2.75, 3.05) is 19.8 Å². The molecule has 0 saturated carbocycles. The lowest BCUT2D eigenvalue weighted by Gasteiger charge is -2.42. The predicted octanol–water partition coefficient (Wildman–Crippen LogP) is 2.06. The van der Waals surface area contributed by atoms with Crippen molar-refractivity contribution in [1.29, 1.82) is 0 Å². The maximum atomic E-state index is 14.1. The van der Waals surface area contributed by atoms with Gasteiger partial charge in [-0.3, -0.25) is 14.4 Å². The molecule has 2 saturated heterocycles. The molecular formula is C26H38N2O6. The monoisotopic (exact) mass is 474 g/mol. The molecule has 4 heterocycles. The van der Waals surface area contributed by atoms with Gasteiger partial charge in [0.1, 0.15) is 17.6 Å². The Bertz CT molecular complexity index is 890. The van der Waals surface area contributed by atoms with Crippen LogP contribution >= 0.6 is 0 Å². The van der Waals surface area contributed by atoms with E-state index >= 15 is 0 Å². The predicted molar refractivity (Wildman–Crippen MR) is 125 cm³/mol. The minimum absolute atomic E-state index is 0.197. The average molecular weight is 475 g/mol. The van der Waals surface area contributed by atoms with Gasteiger partial charge in [0, 0.05) is 12.1 Å². The number of cyclic esters (lactones) is 1. The molecule has 2 amide bonds. The fourth-order valence-corrected chi connectivity index (χ4v) is 6.01. The Labute approximate surface area is 201 Å². The van der Waals surface area contributed by atoms with E-state index in [0.29, 0.717) is 19.4 Å². The van der Waals surface area contributed by atoms with Crippen molar-refractivity contribution in [2.45, 2.75) is 83.2 Å². The Morgan fingerprint density at radius 3 is 2.56 bits per heavy atom. The molecule has 0 radical (unpaired) electrons. The molecule has 0 aromatic carbocycles. The number of hydrogen-bond acceptors (Lipinski definition) is 6. The van der Waals surface area contributed by atoms with Crippen LogP contribution in [0.15, 0.2) is 24.3 Å². The second kappa shape index (κ2) is 9.11. The van der Waals surface area contributed by atoms with Crippen molar-refractivity contribution < 1.29 is 29.0 Å². The quantitative estimate of drug-likeness (QED) is 0.495. The summed E-state index contributed by atoms with van der Waals surface area (Å²) in [6.45, 7) is 10.3. The van der Waals surface area contributed by atoms with Crippen molar-refractivity contribution in [3.8, 4) is 0 Å². The Morgan fingerprint density at radius 2 is 1.91 bits per heavy atom. The number of allylic oxidation sites excluding steroid dienone is 1. The van der Waals surface area contributed by atoms with E-state index in [-0.39, 0.29) is 30.9 Å². The molecule has 34 heavy (non-hydrogen) atoms. The molecule has 2 fully saturated rings. The van der Waals surface area contributed by atoms with Crippen molar-refractivity contribution >= 4 is 17.8 Å². The third kappa shape index (κ3) is 3.98. The summed E-state index contributed by atoms with van der Waals surface area (Å²) in [5, 5.41) is 10.3. The first-order valence-electron chi connectivity index (χ1n) is 12.5. The Balaban J connectivity index is 1.87. The van der Waals surface area contributed by atoms with E-state index in [0.717, 1.165) is 6.42 Å². The number of amides is 2. The van der Waals surface area contributed by atoms with Crippen LogP contribution in [-0.2, 0) is 23.9 Å². The number of nitrogens with zero attached hydrogens (tertiary/aromatic N) is 2. The van der Waals surface area contributed by atoms with Crippen LogP contribution in [-0.4, -0.2) is 81.8 Å². The van der Waals surface area contributed by atoms with Crippen LogP contribution in [0.2, 0.25) is 0 Å². The van der Waals surface area contributed by atoms with Crippen LogP contribution in [0.25, 0.3) is 0 Å². The van der Waals surface area contributed by atoms with E-state index in [9.17, 15) is 19.5 Å². The maximum absolute atomic E-state index is 14.1. The number of carbonyl (C=O) groups excluding carboxylic acids is 3. The van der Waals surface area contributed by atoms with Gasteiger partial charge in [-0.25, -0.2) is 0 Å². The van der Waals surface area contributed by atoms with Gasteiger partial charge in [0.2, 0.25) is 11.8 Å². The van der Waals surface area contributed by atoms with Gasteiger partial charge in [-0.05, 0) is 46.0 Å². The number of aliphatic hydroxyl groups is 1. The molecule has 1 spiro atoms. The number of fused-ring (bicyclic) bond motifs is 2. The third-order valence-corrected chi connectivity index (χ3v) is 7.45. The van der Waals surface area contributed by atoms with E-state index < -0.39 is 47.1 Å².